The lowest BCUT2D eigenvalue weighted by Crippen LogP contribution is -2.29. The van der Waals surface area contributed by atoms with Gasteiger partial charge in [-0.15, -0.1) is 0 Å². The van der Waals surface area contributed by atoms with E-state index in [4.69, 9.17) is 14.2 Å². The summed E-state index contributed by atoms with van der Waals surface area (Å²) in [7, 11) is 3.24. The van der Waals surface area contributed by atoms with Crippen LogP contribution in [0.25, 0.3) is 10.8 Å². The Hall–Kier alpha value is -4.26. The molecule has 0 unspecified atom stereocenters. The summed E-state index contributed by atoms with van der Waals surface area (Å²) in [6.45, 7) is 8.61. The molecule has 4 aromatic carbocycles. The molecule has 0 bridgehead atoms. The zero-order valence-electron chi connectivity index (χ0n) is 25.4. The molecule has 1 aliphatic heterocycles. The third-order valence-corrected chi connectivity index (χ3v) is 6.94. The standard InChI is InChI=1S/C21H21NO4.C12H16FN.C2H6/c1-24-20-9-7-15(13-21(20)25-2)11-12-26-19-10-8-18(22-14-23)16-5-3-4-6-17(16)19;1-10-7-11(13)9-12(8-10)14-5-3-2-4-6-14;1-2/h3-10,13-14H,11-12H2,1-2H3,(H,22,23);7-9H,2-6H2,1H3;1-2H3. The maximum Gasteiger partial charge on any atom is 0.211 e. The first-order valence-corrected chi connectivity index (χ1v) is 14.6. The molecule has 1 fully saturated rings. The molecule has 0 aromatic heterocycles. The van der Waals surface area contributed by atoms with Crippen LogP contribution in [0.3, 0.4) is 0 Å². The number of amides is 1. The summed E-state index contributed by atoms with van der Waals surface area (Å²) >= 11 is 0. The largest absolute Gasteiger partial charge is 0.493 e. The first-order valence-electron chi connectivity index (χ1n) is 14.6. The highest BCUT2D eigenvalue weighted by molar-refractivity contribution is 6.00. The summed E-state index contributed by atoms with van der Waals surface area (Å²) < 4.78 is 29.7. The van der Waals surface area contributed by atoms with Gasteiger partial charge in [-0.2, -0.15) is 0 Å². The molecule has 1 saturated heterocycles. The van der Waals surface area contributed by atoms with Crippen LogP contribution in [0.4, 0.5) is 15.8 Å². The highest BCUT2D eigenvalue weighted by Gasteiger charge is 2.12. The minimum atomic E-state index is -0.120. The summed E-state index contributed by atoms with van der Waals surface area (Å²) in [5.74, 6) is 2.09. The molecular formula is C35H43FN2O4. The number of ether oxygens (including phenoxy) is 3. The number of benzene rings is 4. The first-order chi connectivity index (χ1) is 20.5. The SMILES string of the molecule is CC.COc1ccc(CCOc2ccc(NC=O)c3ccccc23)cc1OC.Cc1cc(F)cc(N2CCCCC2)c1. The number of carbonyl (C=O) groups is 1. The average Bonchev–Trinajstić information content (AvgIpc) is 3.03. The van der Waals surface area contributed by atoms with E-state index in [9.17, 15) is 9.18 Å². The summed E-state index contributed by atoms with van der Waals surface area (Å²) in [6, 6.07) is 22.7. The van der Waals surface area contributed by atoms with Crippen LogP contribution in [-0.4, -0.2) is 40.3 Å². The highest BCUT2D eigenvalue weighted by atomic mass is 19.1. The lowest BCUT2D eigenvalue weighted by Gasteiger charge is -2.29. The number of carbonyl (C=O) groups excluding carboxylic acids is 1. The van der Waals surface area contributed by atoms with Gasteiger partial charge in [0.05, 0.1) is 20.8 Å². The Labute approximate surface area is 249 Å². The molecule has 4 aromatic rings. The van der Waals surface area contributed by atoms with Crippen molar-refractivity contribution in [3.63, 3.8) is 0 Å². The number of anilines is 2. The van der Waals surface area contributed by atoms with Crippen molar-refractivity contribution in [2.24, 2.45) is 0 Å². The third kappa shape index (κ3) is 8.87. The molecule has 1 heterocycles. The second kappa shape index (κ2) is 16.9. The Morgan fingerprint density at radius 1 is 0.833 bits per heavy atom. The van der Waals surface area contributed by atoms with Crippen LogP contribution in [0.5, 0.6) is 17.2 Å². The number of aryl methyl sites for hydroxylation is 1. The smallest absolute Gasteiger partial charge is 0.211 e. The maximum atomic E-state index is 13.2. The van der Waals surface area contributed by atoms with E-state index in [0.717, 1.165) is 58.5 Å². The fourth-order valence-corrected chi connectivity index (χ4v) is 4.95. The van der Waals surface area contributed by atoms with Crippen molar-refractivity contribution >= 4 is 28.6 Å². The lowest BCUT2D eigenvalue weighted by molar-refractivity contribution is -0.105. The predicted octanol–water partition coefficient (Wildman–Crippen LogP) is 8.20. The van der Waals surface area contributed by atoms with Crippen LogP contribution in [0.2, 0.25) is 0 Å². The zero-order chi connectivity index (χ0) is 30.3. The number of halogens is 1. The number of methoxy groups -OCH3 is 2. The van der Waals surface area contributed by atoms with Crippen molar-refractivity contribution in [1.29, 1.82) is 0 Å². The minimum Gasteiger partial charge on any atom is -0.493 e. The van der Waals surface area contributed by atoms with Crippen LogP contribution < -0.4 is 24.4 Å². The van der Waals surface area contributed by atoms with Crippen molar-refractivity contribution < 1.29 is 23.4 Å². The number of fused-ring (bicyclic) bond motifs is 1. The molecular weight excluding hydrogens is 531 g/mol. The van der Waals surface area contributed by atoms with Crippen LogP contribution in [0.15, 0.2) is 72.8 Å². The van der Waals surface area contributed by atoms with Gasteiger partial charge in [-0.25, -0.2) is 4.39 Å². The number of rotatable bonds is 9. The summed E-state index contributed by atoms with van der Waals surface area (Å²) in [5, 5.41) is 4.63. The van der Waals surface area contributed by atoms with Gasteiger partial charge in [0.1, 0.15) is 11.6 Å². The highest BCUT2D eigenvalue weighted by Crippen LogP contribution is 2.32. The Kier molecular flexibility index (Phi) is 13.0. The molecule has 0 spiro atoms. The average molecular weight is 575 g/mol. The molecule has 0 aliphatic carbocycles. The fourth-order valence-electron chi connectivity index (χ4n) is 4.95. The van der Waals surface area contributed by atoms with Gasteiger partial charge >= 0.3 is 0 Å². The summed E-state index contributed by atoms with van der Waals surface area (Å²) in [6.07, 6.45) is 5.19. The Morgan fingerprint density at radius 2 is 1.52 bits per heavy atom. The molecule has 1 amide bonds. The second-order valence-corrected chi connectivity index (χ2v) is 9.74. The van der Waals surface area contributed by atoms with E-state index in [0.29, 0.717) is 24.5 Å². The number of nitrogens with one attached hydrogen (secondary N) is 1. The van der Waals surface area contributed by atoms with Crippen molar-refractivity contribution in [3.05, 3.63) is 89.7 Å². The van der Waals surface area contributed by atoms with Crippen molar-refractivity contribution in [2.45, 2.75) is 46.5 Å². The quantitative estimate of drug-likeness (QED) is 0.204. The Balaban J connectivity index is 0.000000254. The number of hydrogen-bond acceptors (Lipinski definition) is 5. The molecule has 1 N–H and O–H groups in total. The lowest BCUT2D eigenvalue weighted by atomic mass is 10.1. The summed E-state index contributed by atoms with van der Waals surface area (Å²) in [4.78, 5) is 13.0. The molecule has 224 valence electrons. The van der Waals surface area contributed by atoms with Crippen molar-refractivity contribution in [2.75, 3.05) is 44.1 Å². The second-order valence-electron chi connectivity index (χ2n) is 9.74. The van der Waals surface area contributed by atoms with E-state index < -0.39 is 0 Å². The van der Waals surface area contributed by atoms with E-state index in [2.05, 4.69) is 16.3 Å². The van der Waals surface area contributed by atoms with Crippen molar-refractivity contribution in [1.82, 2.24) is 0 Å². The number of hydrogen-bond donors (Lipinski definition) is 1. The van der Waals surface area contributed by atoms with Gasteiger partial charge in [0.2, 0.25) is 6.41 Å². The molecule has 0 saturated carbocycles. The molecule has 7 heteroatoms. The van der Waals surface area contributed by atoms with Gasteiger partial charge in [-0.1, -0.05) is 44.2 Å². The maximum absolute atomic E-state index is 13.2. The van der Waals surface area contributed by atoms with E-state index >= 15 is 0 Å². The van der Waals surface area contributed by atoms with Crippen LogP contribution in [0, 0.1) is 12.7 Å². The van der Waals surface area contributed by atoms with E-state index in [-0.39, 0.29) is 5.82 Å². The molecule has 0 radical (unpaired) electrons. The Morgan fingerprint density at radius 3 is 2.19 bits per heavy atom. The normalized spacial score (nSPS) is 12.3. The molecule has 1 aliphatic rings. The van der Waals surface area contributed by atoms with E-state index in [1.165, 1.54) is 19.3 Å². The van der Waals surface area contributed by atoms with E-state index in [1.54, 1.807) is 26.4 Å². The van der Waals surface area contributed by atoms with Gasteiger partial charge in [0.15, 0.2) is 11.5 Å². The van der Waals surface area contributed by atoms with Gasteiger partial charge in [-0.3, -0.25) is 4.79 Å². The predicted molar refractivity (Wildman–Crippen MR) is 171 cm³/mol. The monoisotopic (exact) mass is 574 g/mol. The number of piperidine rings is 1. The van der Waals surface area contributed by atoms with Gasteiger partial charge < -0.3 is 24.4 Å². The Bertz CT molecular complexity index is 1400. The van der Waals surface area contributed by atoms with Gasteiger partial charge in [0, 0.05) is 41.7 Å². The zero-order valence-corrected chi connectivity index (χ0v) is 25.4. The van der Waals surface area contributed by atoms with Crippen LogP contribution in [0.1, 0.15) is 44.2 Å². The molecule has 42 heavy (non-hydrogen) atoms. The van der Waals surface area contributed by atoms with Gasteiger partial charge in [0.25, 0.3) is 0 Å². The van der Waals surface area contributed by atoms with E-state index in [1.807, 2.05) is 75.4 Å². The number of nitrogens with zero attached hydrogens (tertiary/aromatic N) is 1. The fraction of sp³-hybridized carbons (Fsp3) is 0.343. The topological polar surface area (TPSA) is 60.0 Å². The minimum absolute atomic E-state index is 0.120. The third-order valence-electron chi connectivity index (χ3n) is 6.94. The molecule has 5 rings (SSSR count). The molecule has 6 nitrogen and oxygen atoms in total. The first kappa shape index (κ1) is 32.3. The van der Waals surface area contributed by atoms with Crippen LogP contribution in [-0.2, 0) is 11.2 Å². The molecule has 0 atom stereocenters. The summed E-state index contributed by atoms with van der Waals surface area (Å²) in [5.41, 5.74) is 3.92. The van der Waals surface area contributed by atoms with Crippen LogP contribution >= 0.6 is 0 Å². The van der Waals surface area contributed by atoms with Crippen molar-refractivity contribution in [3.8, 4) is 17.2 Å². The van der Waals surface area contributed by atoms with Gasteiger partial charge in [-0.05, 0) is 79.8 Å².